The van der Waals surface area contributed by atoms with Crippen LogP contribution in [-0.4, -0.2) is 11.1 Å². The molecule has 1 rings (SSSR count). The zero-order valence-electron chi connectivity index (χ0n) is 8.53. The third kappa shape index (κ3) is 4.79. The highest BCUT2D eigenvalue weighted by molar-refractivity contribution is 9.10. The minimum absolute atomic E-state index is 0.781. The molecule has 0 aliphatic rings. The van der Waals surface area contributed by atoms with Gasteiger partial charge in [0.05, 0.1) is 0 Å². The number of carboxylic acids is 1. The van der Waals surface area contributed by atoms with E-state index in [1.54, 1.807) is 0 Å². The first-order valence-corrected chi connectivity index (χ1v) is 5.52. The van der Waals surface area contributed by atoms with E-state index in [0.717, 1.165) is 22.9 Å². The Balaban J connectivity index is 2.54. The highest BCUT2D eigenvalue weighted by Gasteiger charge is 1.97. The SMILES string of the molecule is CC(=CC(=O)O)CCc1cccc(Br)c1. The summed E-state index contributed by atoms with van der Waals surface area (Å²) in [4.78, 5) is 10.4. The molecule has 0 atom stereocenters. The fourth-order valence-electron chi connectivity index (χ4n) is 1.32. The van der Waals surface area contributed by atoms with Crippen molar-refractivity contribution in [2.45, 2.75) is 19.8 Å². The topological polar surface area (TPSA) is 37.3 Å². The Hall–Kier alpha value is -1.09. The summed E-state index contributed by atoms with van der Waals surface area (Å²) in [6.07, 6.45) is 2.91. The fraction of sp³-hybridized carbons (Fsp3) is 0.250. The molecule has 15 heavy (non-hydrogen) atoms. The van der Waals surface area contributed by atoms with Gasteiger partial charge in [0.15, 0.2) is 0 Å². The van der Waals surface area contributed by atoms with Gasteiger partial charge >= 0.3 is 5.97 Å². The Bertz CT molecular complexity index is 383. The molecule has 0 aromatic heterocycles. The van der Waals surface area contributed by atoms with E-state index < -0.39 is 5.97 Å². The standard InChI is InChI=1S/C12H13BrO2/c1-9(7-12(14)15)5-6-10-3-2-4-11(13)8-10/h2-4,7-8H,5-6H2,1H3,(H,14,15). The normalized spacial score (nSPS) is 11.5. The second kappa shape index (κ2) is 5.71. The molecule has 2 nitrogen and oxygen atoms in total. The van der Waals surface area contributed by atoms with Crippen molar-refractivity contribution < 1.29 is 9.90 Å². The Morgan fingerprint density at radius 1 is 1.53 bits per heavy atom. The third-order valence-corrected chi connectivity index (χ3v) is 2.56. The van der Waals surface area contributed by atoms with Crippen LogP contribution in [0.3, 0.4) is 0 Å². The van der Waals surface area contributed by atoms with E-state index in [2.05, 4.69) is 15.9 Å². The summed E-state index contributed by atoms with van der Waals surface area (Å²) in [5, 5.41) is 8.54. The molecule has 1 aromatic rings. The third-order valence-electron chi connectivity index (χ3n) is 2.07. The summed E-state index contributed by atoms with van der Waals surface area (Å²) >= 11 is 3.40. The highest BCUT2D eigenvalue weighted by atomic mass is 79.9. The Kier molecular flexibility index (Phi) is 4.56. The molecular formula is C12H13BrO2. The molecule has 0 saturated heterocycles. The average Bonchev–Trinajstić information content (AvgIpc) is 2.14. The zero-order chi connectivity index (χ0) is 11.3. The molecule has 1 aromatic carbocycles. The first-order chi connectivity index (χ1) is 7.08. The molecule has 3 heteroatoms. The van der Waals surface area contributed by atoms with Crippen molar-refractivity contribution in [2.75, 3.05) is 0 Å². The van der Waals surface area contributed by atoms with Crippen LogP contribution in [0.4, 0.5) is 0 Å². The van der Waals surface area contributed by atoms with E-state index >= 15 is 0 Å². The van der Waals surface area contributed by atoms with E-state index in [0.29, 0.717) is 0 Å². The van der Waals surface area contributed by atoms with Crippen LogP contribution in [0.25, 0.3) is 0 Å². The second-order valence-corrected chi connectivity index (χ2v) is 4.37. The molecule has 0 unspecified atom stereocenters. The summed E-state index contributed by atoms with van der Waals surface area (Å²) in [5.74, 6) is -0.873. The number of hydrogen-bond donors (Lipinski definition) is 1. The van der Waals surface area contributed by atoms with Gasteiger partial charge in [-0.15, -0.1) is 0 Å². The smallest absolute Gasteiger partial charge is 0.328 e. The van der Waals surface area contributed by atoms with Crippen LogP contribution < -0.4 is 0 Å². The van der Waals surface area contributed by atoms with Crippen molar-refractivity contribution in [3.8, 4) is 0 Å². The molecule has 0 bridgehead atoms. The number of hydrogen-bond acceptors (Lipinski definition) is 1. The van der Waals surface area contributed by atoms with Gasteiger partial charge in [-0.25, -0.2) is 4.79 Å². The van der Waals surface area contributed by atoms with Gasteiger partial charge in [0, 0.05) is 10.5 Å². The lowest BCUT2D eigenvalue weighted by atomic mass is 10.1. The van der Waals surface area contributed by atoms with Crippen molar-refractivity contribution in [3.05, 3.63) is 46.0 Å². The van der Waals surface area contributed by atoms with Crippen molar-refractivity contribution in [1.29, 1.82) is 0 Å². The average molecular weight is 269 g/mol. The lowest BCUT2D eigenvalue weighted by Crippen LogP contribution is -1.92. The van der Waals surface area contributed by atoms with E-state index in [9.17, 15) is 4.79 Å². The number of aryl methyl sites for hydroxylation is 1. The van der Waals surface area contributed by atoms with Crippen LogP contribution in [0.1, 0.15) is 18.9 Å². The van der Waals surface area contributed by atoms with Crippen LogP contribution in [-0.2, 0) is 11.2 Å². The number of aliphatic carboxylic acids is 1. The van der Waals surface area contributed by atoms with Gasteiger partial charge in [-0.3, -0.25) is 0 Å². The number of rotatable bonds is 4. The van der Waals surface area contributed by atoms with Gasteiger partial charge in [0.25, 0.3) is 0 Å². The lowest BCUT2D eigenvalue weighted by Gasteiger charge is -2.02. The molecule has 0 heterocycles. The van der Waals surface area contributed by atoms with E-state index in [1.807, 2.05) is 31.2 Å². The van der Waals surface area contributed by atoms with E-state index in [4.69, 9.17) is 5.11 Å². The van der Waals surface area contributed by atoms with Gasteiger partial charge in [-0.05, 0) is 37.5 Å². The van der Waals surface area contributed by atoms with Crippen molar-refractivity contribution >= 4 is 21.9 Å². The van der Waals surface area contributed by atoms with Crippen molar-refractivity contribution in [3.63, 3.8) is 0 Å². The van der Waals surface area contributed by atoms with Crippen molar-refractivity contribution in [1.82, 2.24) is 0 Å². The summed E-state index contributed by atoms with van der Waals surface area (Å²) in [7, 11) is 0. The number of carbonyl (C=O) groups is 1. The molecule has 0 fully saturated rings. The summed E-state index contributed by atoms with van der Waals surface area (Å²) in [5.41, 5.74) is 2.10. The highest BCUT2D eigenvalue weighted by Crippen LogP contribution is 2.14. The van der Waals surface area contributed by atoms with E-state index in [1.165, 1.54) is 11.6 Å². The molecule has 0 aliphatic heterocycles. The predicted octanol–water partition coefficient (Wildman–Crippen LogP) is 3.41. The summed E-state index contributed by atoms with van der Waals surface area (Å²) < 4.78 is 1.06. The van der Waals surface area contributed by atoms with Crippen LogP contribution in [0, 0.1) is 0 Å². The van der Waals surface area contributed by atoms with Crippen LogP contribution >= 0.6 is 15.9 Å². The maximum Gasteiger partial charge on any atom is 0.328 e. The van der Waals surface area contributed by atoms with Gasteiger partial charge < -0.3 is 5.11 Å². The van der Waals surface area contributed by atoms with E-state index in [-0.39, 0.29) is 0 Å². The minimum Gasteiger partial charge on any atom is -0.478 e. The molecule has 80 valence electrons. The van der Waals surface area contributed by atoms with Crippen molar-refractivity contribution in [2.24, 2.45) is 0 Å². The Morgan fingerprint density at radius 3 is 2.87 bits per heavy atom. The first kappa shape index (κ1) is 12.0. The molecule has 0 amide bonds. The van der Waals surface area contributed by atoms with Gasteiger partial charge in [-0.2, -0.15) is 0 Å². The zero-order valence-corrected chi connectivity index (χ0v) is 10.1. The van der Waals surface area contributed by atoms with Crippen LogP contribution in [0.5, 0.6) is 0 Å². The maximum atomic E-state index is 10.4. The summed E-state index contributed by atoms with van der Waals surface area (Å²) in [6.45, 7) is 1.84. The largest absolute Gasteiger partial charge is 0.478 e. The number of halogens is 1. The minimum atomic E-state index is -0.873. The molecule has 1 N–H and O–H groups in total. The van der Waals surface area contributed by atoms with Gasteiger partial charge in [0.1, 0.15) is 0 Å². The van der Waals surface area contributed by atoms with Gasteiger partial charge in [-0.1, -0.05) is 33.6 Å². The molecule has 0 saturated carbocycles. The number of allylic oxidation sites excluding steroid dienone is 1. The Morgan fingerprint density at radius 2 is 2.27 bits per heavy atom. The fourth-order valence-corrected chi connectivity index (χ4v) is 1.76. The lowest BCUT2D eigenvalue weighted by molar-refractivity contribution is -0.131. The molecular weight excluding hydrogens is 256 g/mol. The number of carboxylic acid groups (broad SMARTS) is 1. The molecule has 0 aliphatic carbocycles. The second-order valence-electron chi connectivity index (χ2n) is 3.46. The number of benzene rings is 1. The molecule has 0 radical (unpaired) electrons. The van der Waals surface area contributed by atoms with Crippen LogP contribution in [0.15, 0.2) is 40.4 Å². The maximum absolute atomic E-state index is 10.4. The monoisotopic (exact) mass is 268 g/mol. The van der Waals surface area contributed by atoms with Crippen LogP contribution in [0.2, 0.25) is 0 Å². The predicted molar refractivity (Wildman–Crippen MR) is 63.9 cm³/mol. The molecule has 0 spiro atoms. The van der Waals surface area contributed by atoms with Gasteiger partial charge in [0.2, 0.25) is 0 Å². The first-order valence-electron chi connectivity index (χ1n) is 4.72. The summed E-state index contributed by atoms with van der Waals surface area (Å²) in [6, 6.07) is 8.05. The Labute approximate surface area is 97.8 Å². The quantitative estimate of drug-likeness (QED) is 0.850.